The summed E-state index contributed by atoms with van der Waals surface area (Å²) in [6.07, 6.45) is 0. The Morgan fingerprint density at radius 3 is 2.69 bits per heavy atom. The van der Waals surface area contributed by atoms with E-state index in [-0.39, 0.29) is 11.7 Å². The first kappa shape index (κ1) is 18.8. The molecule has 0 aliphatic rings. The molecular weight excluding hydrogens is 391 g/mol. The Bertz CT molecular complexity index is 958. The van der Waals surface area contributed by atoms with E-state index in [4.69, 9.17) is 23.2 Å². The average molecular weight is 407 g/mol. The van der Waals surface area contributed by atoms with Gasteiger partial charge in [0.25, 0.3) is 0 Å². The van der Waals surface area contributed by atoms with Crippen molar-refractivity contribution in [2.24, 2.45) is 7.05 Å². The van der Waals surface area contributed by atoms with Gasteiger partial charge in [-0.15, -0.1) is 10.2 Å². The molecular formula is C18H16Cl2N4OS. The van der Waals surface area contributed by atoms with Crippen molar-refractivity contribution in [1.82, 2.24) is 14.8 Å². The minimum Gasteiger partial charge on any atom is -0.325 e. The zero-order chi connectivity index (χ0) is 18.7. The first-order valence-electron chi connectivity index (χ1n) is 7.78. The normalized spacial score (nSPS) is 10.8. The summed E-state index contributed by atoms with van der Waals surface area (Å²) in [5, 5.41) is 12.8. The summed E-state index contributed by atoms with van der Waals surface area (Å²) in [4.78, 5) is 12.1. The Morgan fingerprint density at radius 1 is 1.15 bits per heavy atom. The zero-order valence-electron chi connectivity index (χ0n) is 14.2. The zero-order valence-corrected chi connectivity index (χ0v) is 16.5. The number of thioether (sulfide) groups is 1. The number of nitrogens with zero attached hydrogens (tertiary/aromatic N) is 3. The third kappa shape index (κ3) is 4.38. The molecule has 0 atom stereocenters. The molecule has 0 saturated carbocycles. The second-order valence-electron chi connectivity index (χ2n) is 5.70. The van der Waals surface area contributed by atoms with Gasteiger partial charge in [-0.2, -0.15) is 0 Å². The van der Waals surface area contributed by atoms with Gasteiger partial charge in [-0.1, -0.05) is 47.1 Å². The van der Waals surface area contributed by atoms with Crippen LogP contribution < -0.4 is 5.32 Å². The molecule has 2 aromatic carbocycles. The van der Waals surface area contributed by atoms with Crippen molar-refractivity contribution < 1.29 is 4.79 Å². The van der Waals surface area contributed by atoms with Gasteiger partial charge in [0.2, 0.25) is 5.91 Å². The Morgan fingerprint density at radius 2 is 1.96 bits per heavy atom. The lowest BCUT2D eigenvalue weighted by Crippen LogP contribution is -2.14. The highest BCUT2D eigenvalue weighted by molar-refractivity contribution is 7.99. The SMILES string of the molecule is Cc1cccc(NC(=O)CSc2nnc(-c3ccc(Cl)c(Cl)c3)n2C)c1. The molecule has 1 aromatic heterocycles. The van der Waals surface area contributed by atoms with Gasteiger partial charge >= 0.3 is 0 Å². The Balaban J connectivity index is 1.66. The lowest BCUT2D eigenvalue weighted by molar-refractivity contribution is -0.113. The van der Waals surface area contributed by atoms with Gasteiger partial charge in [0, 0.05) is 18.3 Å². The molecule has 0 fully saturated rings. The molecule has 3 rings (SSSR count). The summed E-state index contributed by atoms with van der Waals surface area (Å²) in [6.45, 7) is 1.98. The fourth-order valence-corrected chi connectivity index (χ4v) is 3.39. The van der Waals surface area contributed by atoms with E-state index in [9.17, 15) is 4.79 Å². The van der Waals surface area contributed by atoms with Gasteiger partial charge < -0.3 is 9.88 Å². The molecule has 26 heavy (non-hydrogen) atoms. The van der Waals surface area contributed by atoms with Gasteiger partial charge in [-0.05, 0) is 42.8 Å². The molecule has 0 unspecified atom stereocenters. The monoisotopic (exact) mass is 406 g/mol. The fraction of sp³-hybridized carbons (Fsp3) is 0.167. The number of hydrogen-bond donors (Lipinski definition) is 1. The number of hydrogen-bond acceptors (Lipinski definition) is 4. The van der Waals surface area contributed by atoms with Crippen LogP contribution in [-0.4, -0.2) is 26.4 Å². The lowest BCUT2D eigenvalue weighted by Gasteiger charge is -2.06. The molecule has 0 bridgehead atoms. The molecule has 0 radical (unpaired) electrons. The van der Waals surface area contributed by atoms with Crippen LogP contribution in [-0.2, 0) is 11.8 Å². The standard InChI is InChI=1S/C18H16Cl2N4OS/c1-11-4-3-5-13(8-11)21-16(25)10-26-18-23-22-17(24(18)2)12-6-7-14(19)15(20)9-12/h3-9H,10H2,1-2H3,(H,21,25). The van der Waals surface area contributed by atoms with Crippen LogP contribution in [0.15, 0.2) is 47.6 Å². The summed E-state index contributed by atoms with van der Waals surface area (Å²) in [5.41, 5.74) is 2.69. The molecule has 1 N–H and O–H groups in total. The predicted molar refractivity (Wildman–Crippen MR) is 107 cm³/mol. The maximum absolute atomic E-state index is 12.1. The third-order valence-corrected chi connectivity index (χ3v) is 5.41. The topological polar surface area (TPSA) is 59.8 Å². The lowest BCUT2D eigenvalue weighted by atomic mass is 10.2. The average Bonchev–Trinajstić information content (AvgIpc) is 2.96. The number of nitrogens with one attached hydrogen (secondary N) is 1. The van der Waals surface area contributed by atoms with E-state index in [1.807, 2.05) is 48.9 Å². The van der Waals surface area contributed by atoms with Crippen LogP contribution in [0, 0.1) is 6.92 Å². The van der Waals surface area contributed by atoms with Crippen LogP contribution >= 0.6 is 35.0 Å². The number of carbonyl (C=O) groups excluding carboxylic acids is 1. The molecule has 0 aliphatic carbocycles. The maximum Gasteiger partial charge on any atom is 0.234 e. The molecule has 134 valence electrons. The number of anilines is 1. The third-order valence-electron chi connectivity index (χ3n) is 3.65. The van der Waals surface area contributed by atoms with E-state index in [1.54, 1.807) is 12.1 Å². The van der Waals surface area contributed by atoms with Crippen LogP contribution in [0.3, 0.4) is 0 Å². The Hall–Kier alpha value is -2.02. The van der Waals surface area contributed by atoms with Gasteiger partial charge in [0.1, 0.15) is 0 Å². The molecule has 1 amide bonds. The van der Waals surface area contributed by atoms with Crippen molar-refractivity contribution >= 4 is 46.6 Å². The Kier molecular flexibility index (Phi) is 5.86. The van der Waals surface area contributed by atoms with Gasteiger partial charge in [0.15, 0.2) is 11.0 Å². The second-order valence-corrected chi connectivity index (χ2v) is 7.46. The van der Waals surface area contributed by atoms with Gasteiger partial charge in [0.05, 0.1) is 15.8 Å². The van der Waals surface area contributed by atoms with Crippen molar-refractivity contribution in [1.29, 1.82) is 0 Å². The van der Waals surface area contributed by atoms with E-state index in [2.05, 4.69) is 15.5 Å². The minimum absolute atomic E-state index is 0.0975. The molecule has 0 saturated heterocycles. The van der Waals surface area contributed by atoms with Crippen LogP contribution in [0.5, 0.6) is 0 Å². The van der Waals surface area contributed by atoms with E-state index in [0.29, 0.717) is 21.0 Å². The van der Waals surface area contributed by atoms with Crippen molar-refractivity contribution in [3.8, 4) is 11.4 Å². The summed E-state index contributed by atoms with van der Waals surface area (Å²) >= 11 is 13.3. The van der Waals surface area contributed by atoms with Crippen LogP contribution in [0.4, 0.5) is 5.69 Å². The van der Waals surface area contributed by atoms with Crippen LogP contribution in [0.2, 0.25) is 10.0 Å². The summed E-state index contributed by atoms with van der Waals surface area (Å²) in [7, 11) is 1.85. The van der Waals surface area contributed by atoms with E-state index in [0.717, 1.165) is 16.8 Å². The smallest absolute Gasteiger partial charge is 0.234 e. The van der Waals surface area contributed by atoms with E-state index in [1.165, 1.54) is 11.8 Å². The highest BCUT2D eigenvalue weighted by atomic mass is 35.5. The van der Waals surface area contributed by atoms with E-state index >= 15 is 0 Å². The van der Waals surface area contributed by atoms with Crippen molar-refractivity contribution in [2.45, 2.75) is 12.1 Å². The number of aromatic nitrogens is 3. The van der Waals surface area contributed by atoms with Crippen LogP contribution in [0.25, 0.3) is 11.4 Å². The highest BCUT2D eigenvalue weighted by Crippen LogP contribution is 2.29. The summed E-state index contributed by atoms with van der Waals surface area (Å²) in [5.74, 6) is 0.797. The van der Waals surface area contributed by atoms with Crippen LogP contribution in [0.1, 0.15) is 5.56 Å². The molecule has 5 nitrogen and oxygen atoms in total. The van der Waals surface area contributed by atoms with Crippen molar-refractivity contribution in [3.63, 3.8) is 0 Å². The number of amides is 1. The molecule has 8 heteroatoms. The first-order valence-corrected chi connectivity index (χ1v) is 9.52. The fourth-order valence-electron chi connectivity index (χ4n) is 2.38. The number of benzene rings is 2. The van der Waals surface area contributed by atoms with Crippen molar-refractivity contribution in [3.05, 3.63) is 58.1 Å². The largest absolute Gasteiger partial charge is 0.325 e. The van der Waals surface area contributed by atoms with Gasteiger partial charge in [-0.3, -0.25) is 4.79 Å². The molecule has 0 aliphatic heterocycles. The summed E-state index contributed by atoms with van der Waals surface area (Å²) < 4.78 is 1.82. The number of halogens is 2. The molecule has 1 heterocycles. The maximum atomic E-state index is 12.1. The summed E-state index contributed by atoms with van der Waals surface area (Å²) in [6, 6.07) is 13.0. The number of carbonyl (C=O) groups is 1. The predicted octanol–water partition coefficient (Wildman–Crippen LogP) is 4.83. The first-order chi connectivity index (χ1) is 12.4. The van der Waals surface area contributed by atoms with Crippen molar-refractivity contribution in [2.75, 3.05) is 11.1 Å². The van der Waals surface area contributed by atoms with Gasteiger partial charge in [-0.25, -0.2) is 0 Å². The molecule has 3 aromatic rings. The number of rotatable bonds is 5. The highest BCUT2D eigenvalue weighted by Gasteiger charge is 2.14. The Labute approximate surface area is 165 Å². The second kappa shape index (κ2) is 8.12. The quantitative estimate of drug-likeness (QED) is 0.616. The molecule has 0 spiro atoms. The number of aryl methyl sites for hydroxylation is 1. The van der Waals surface area contributed by atoms with E-state index < -0.39 is 0 Å². The minimum atomic E-state index is -0.0975.